The number of nitrogens with zero attached hydrogens (tertiary/aromatic N) is 4. The quantitative estimate of drug-likeness (QED) is 0.703. The Hall–Kier alpha value is -3.26. The maximum atomic E-state index is 12.7. The van der Waals surface area contributed by atoms with E-state index in [1.165, 1.54) is 0 Å². The van der Waals surface area contributed by atoms with Crippen molar-refractivity contribution in [2.75, 3.05) is 18.4 Å². The predicted molar refractivity (Wildman–Crippen MR) is 105 cm³/mol. The average molecular weight is 378 g/mol. The number of fused-ring (bicyclic) bond motifs is 1. The summed E-state index contributed by atoms with van der Waals surface area (Å²) in [6.45, 7) is 2.47. The maximum Gasteiger partial charge on any atom is 0.259 e. The highest BCUT2D eigenvalue weighted by Gasteiger charge is 2.23. The van der Waals surface area contributed by atoms with E-state index in [4.69, 9.17) is 5.73 Å². The number of hydrogen-bond donors (Lipinski definition) is 2. The Kier molecular flexibility index (Phi) is 5.03. The van der Waals surface area contributed by atoms with Crippen LogP contribution >= 0.6 is 0 Å². The van der Waals surface area contributed by atoms with Gasteiger partial charge in [0.05, 0.1) is 5.56 Å². The molecule has 0 saturated carbocycles. The Morgan fingerprint density at radius 3 is 2.79 bits per heavy atom. The van der Waals surface area contributed by atoms with Gasteiger partial charge in [-0.05, 0) is 55.8 Å². The number of piperidine rings is 1. The van der Waals surface area contributed by atoms with Gasteiger partial charge < -0.3 is 11.1 Å². The van der Waals surface area contributed by atoms with Crippen molar-refractivity contribution in [1.29, 1.82) is 0 Å². The molecule has 8 nitrogen and oxygen atoms in total. The molecule has 3 heterocycles. The maximum absolute atomic E-state index is 12.7. The van der Waals surface area contributed by atoms with Gasteiger partial charge in [0.25, 0.3) is 5.91 Å². The fourth-order valence-corrected chi connectivity index (χ4v) is 3.61. The number of pyridine rings is 1. The van der Waals surface area contributed by atoms with Crippen LogP contribution in [0.3, 0.4) is 0 Å². The number of aromatic nitrogens is 3. The molecule has 0 radical (unpaired) electrons. The van der Waals surface area contributed by atoms with E-state index in [1.807, 2.05) is 24.3 Å². The van der Waals surface area contributed by atoms with Crippen molar-refractivity contribution < 1.29 is 9.59 Å². The smallest absolute Gasteiger partial charge is 0.259 e. The number of nitrogens with one attached hydrogen (secondary N) is 1. The number of likely N-dealkylation sites (tertiary alicyclic amines) is 1. The summed E-state index contributed by atoms with van der Waals surface area (Å²) >= 11 is 0. The molecule has 3 aromatic rings. The Labute approximate surface area is 162 Å². The molecule has 3 N–H and O–H groups in total. The Morgan fingerprint density at radius 2 is 2.00 bits per heavy atom. The zero-order chi connectivity index (χ0) is 19.5. The molecule has 1 saturated heterocycles. The van der Waals surface area contributed by atoms with Crippen LogP contribution in [0.25, 0.3) is 5.65 Å². The van der Waals surface area contributed by atoms with Crippen LogP contribution in [0.5, 0.6) is 0 Å². The second kappa shape index (κ2) is 7.77. The van der Waals surface area contributed by atoms with Gasteiger partial charge in [-0.3, -0.25) is 18.9 Å². The molecule has 1 aromatic carbocycles. The van der Waals surface area contributed by atoms with Crippen molar-refractivity contribution >= 4 is 23.1 Å². The summed E-state index contributed by atoms with van der Waals surface area (Å²) in [5, 5.41) is 10.8. The van der Waals surface area contributed by atoms with Gasteiger partial charge in [-0.2, -0.15) is 0 Å². The molecule has 4 rings (SSSR count). The van der Waals surface area contributed by atoms with Crippen LogP contribution in [-0.2, 0) is 11.3 Å². The topological polar surface area (TPSA) is 106 Å². The van der Waals surface area contributed by atoms with E-state index in [9.17, 15) is 9.59 Å². The van der Waals surface area contributed by atoms with E-state index < -0.39 is 0 Å². The number of amides is 2. The van der Waals surface area contributed by atoms with Crippen LogP contribution in [0.4, 0.5) is 5.69 Å². The standard InChI is InChI=1S/C20H22N6O2/c21-18(27)15-6-9-25(10-7-15)12-14-3-1-4-16(11-14)23-20(28)17-5-2-8-26-13-22-24-19(17)26/h1-5,8,11,13,15H,6-7,9-10,12H2,(H2,21,27)(H,23,28). The highest BCUT2D eigenvalue weighted by Crippen LogP contribution is 2.20. The highest BCUT2D eigenvalue weighted by atomic mass is 16.2. The summed E-state index contributed by atoms with van der Waals surface area (Å²) in [6, 6.07) is 11.3. The van der Waals surface area contributed by atoms with Gasteiger partial charge in [0.1, 0.15) is 6.33 Å². The molecule has 0 spiro atoms. The van der Waals surface area contributed by atoms with Crippen molar-refractivity contribution in [3.63, 3.8) is 0 Å². The number of hydrogen-bond acceptors (Lipinski definition) is 5. The summed E-state index contributed by atoms with van der Waals surface area (Å²) in [5.41, 5.74) is 8.23. The van der Waals surface area contributed by atoms with Crippen LogP contribution in [0.1, 0.15) is 28.8 Å². The third kappa shape index (κ3) is 3.86. The Morgan fingerprint density at radius 1 is 1.18 bits per heavy atom. The molecule has 0 bridgehead atoms. The lowest BCUT2D eigenvalue weighted by Gasteiger charge is -2.30. The molecule has 0 unspecified atom stereocenters. The first kappa shape index (κ1) is 18.1. The molecule has 28 heavy (non-hydrogen) atoms. The van der Waals surface area contributed by atoms with Gasteiger partial charge in [0.2, 0.25) is 5.91 Å². The Bertz CT molecular complexity index is 1010. The number of rotatable bonds is 5. The molecule has 1 aliphatic rings. The van der Waals surface area contributed by atoms with Crippen LogP contribution in [-0.4, -0.2) is 44.4 Å². The van der Waals surface area contributed by atoms with Crippen molar-refractivity contribution in [3.8, 4) is 0 Å². The first-order valence-electron chi connectivity index (χ1n) is 9.30. The predicted octanol–water partition coefficient (Wildman–Crippen LogP) is 1.68. The second-order valence-corrected chi connectivity index (χ2v) is 7.09. The molecule has 1 aliphatic heterocycles. The summed E-state index contributed by atoms with van der Waals surface area (Å²) in [4.78, 5) is 26.3. The average Bonchev–Trinajstić information content (AvgIpc) is 3.17. The van der Waals surface area contributed by atoms with Crippen molar-refractivity contribution in [2.45, 2.75) is 19.4 Å². The van der Waals surface area contributed by atoms with Gasteiger partial charge in [0, 0.05) is 24.3 Å². The molecule has 0 aliphatic carbocycles. The van der Waals surface area contributed by atoms with Gasteiger partial charge in [-0.1, -0.05) is 12.1 Å². The first-order valence-corrected chi connectivity index (χ1v) is 9.30. The van der Waals surface area contributed by atoms with Crippen LogP contribution in [0.2, 0.25) is 0 Å². The van der Waals surface area contributed by atoms with Crippen molar-refractivity contribution in [2.24, 2.45) is 11.7 Å². The lowest BCUT2D eigenvalue weighted by atomic mass is 9.96. The largest absolute Gasteiger partial charge is 0.369 e. The summed E-state index contributed by atoms with van der Waals surface area (Å²) in [6.07, 6.45) is 4.96. The SMILES string of the molecule is NC(=O)C1CCN(Cc2cccc(NC(=O)c3cccn4cnnc34)c2)CC1. The normalized spacial score (nSPS) is 15.6. The number of nitrogens with two attached hydrogens (primary N) is 1. The zero-order valence-electron chi connectivity index (χ0n) is 15.4. The molecular formula is C20H22N6O2. The zero-order valence-corrected chi connectivity index (χ0v) is 15.4. The van der Waals surface area contributed by atoms with E-state index in [0.29, 0.717) is 11.2 Å². The molecule has 0 atom stereocenters. The molecular weight excluding hydrogens is 356 g/mol. The highest BCUT2D eigenvalue weighted by molar-refractivity contribution is 6.08. The number of benzene rings is 1. The minimum atomic E-state index is -0.224. The third-order valence-corrected chi connectivity index (χ3v) is 5.15. The van der Waals surface area contributed by atoms with Gasteiger partial charge in [-0.15, -0.1) is 10.2 Å². The first-order chi connectivity index (χ1) is 13.6. The summed E-state index contributed by atoms with van der Waals surface area (Å²) < 4.78 is 1.71. The number of carbonyl (C=O) groups excluding carboxylic acids is 2. The van der Waals surface area contributed by atoms with Gasteiger partial charge in [0.15, 0.2) is 5.65 Å². The van der Waals surface area contributed by atoms with Gasteiger partial charge >= 0.3 is 0 Å². The minimum Gasteiger partial charge on any atom is -0.369 e. The minimum absolute atomic E-state index is 0.0123. The third-order valence-electron chi connectivity index (χ3n) is 5.15. The summed E-state index contributed by atoms with van der Waals surface area (Å²) in [5.74, 6) is -0.438. The summed E-state index contributed by atoms with van der Waals surface area (Å²) in [7, 11) is 0. The lowest BCUT2D eigenvalue weighted by Crippen LogP contribution is -2.38. The molecule has 1 fully saturated rings. The number of carbonyl (C=O) groups is 2. The van der Waals surface area contributed by atoms with Gasteiger partial charge in [-0.25, -0.2) is 0 Å². The van der Waals surface area contributed by atoms with E-state index in [0.717, 1.165) is 43.7 Å². The van der Waals surface area contributed by atoms with Crippen LogP contribution in [0, 0.1) is 5.92 Å². The monoisotopic (exact) mass is 378 g/mol. The lowest BCUT2D eigenvalue weighted by molar-refractivity contribution is -0.123. The molecule has 2 aromatic heterocycles. The van der Waals surface area contributed by atoms with E-state index in [1.54, 1.807) is 29.1 Å². The van der Waals surface area contributed by atoms with Crippen LogP contribution in [0.15, 0.2) is 48.9 Å². The number of primary amides is 1. The second-order valence-electron chi connectivity index (χ2n) is 7.09. The fourth-order valence-electron chi connectivity index (χ4n) is 3.61. The van der Waals surface area contributed by atoms with Crippen molar-refractivity contribution in [3.05, 3.63) is 60.0 Å². The molecule has 144 valence electrons. The molecule has 2 amide bonds. The van der Waals surface area contributed by atoms with Crippen molar-refractivity contribution in [1.82, 2.24) is 19.5 Å². The Balaban J connectivity index is 1.42. The van der Waals surface area contributed by atoms with E-state index in [2.05, 4.69) is 20.4 Å². The van der Waals surface area contributed by atoms with E-state index in [-0.39, 0.29) is 17.7 Å². The van der Waals surface area contributed by atoms with Crippen LogP contribution < -0.4 is 11.1 Å². The molecule has 8 heteroatoms. The van der Waals surface area contributed by atoms with E-state index >= 15 is 0 Å². The fraction of sp³-hybridized carbons (Fsp3) is 0.300. The number of anilines is 1.